The van der Waals surface area contributed by atoms with Crippen LogP contribution in [0.5, 0.6) is 0 Å². The van der Waals surface area contributed by atoms with Crippen LogP contribution < -0.4 is 4.90 Å². The summed E-state index contributed by atoms with van der Waals surface area (Å²) in [4.78, 5) is 27.6. The topological polar surface area (TPSA) is 97.4 Å². The van der Waals surface area contributed by atoms with Crippen LogP contribution in [-0.2, 0) is 14.3 Å². The Balaban J connectivity index is 1.58. The fourth-order valence-electron chi connectivity index (χ4n) is 5.56. The number of rotatable bonds is 8. The summed E-state index contributed by atoms with van der Waals surface area (Å²) in [5.41, 5.74) is 3.18. The maximum atomic E-state index is 13.7. The standard InChI is InChI=1S/C36H46N4O4/c1-25-8-17-29(18-9-25)31-22-32(38-40(31)30-19-14-27(23-37)15-20-30)39(34(42)44-36(5,6)7)24-28-12-10-26(11-13-28)16-21-33(41)43-35(2,3)4/h8-9,14-15,17-20,22,26,28H,10-13,16,21,24H2,1-7H3. The van der Waals surface area contributed by atoms with Crippen LogP contribution in [0.15, 0.2) is 54.6 Å². The highest BCUT2D eigenvalue weighted by Crippen LogP contribution is 2.35. The van der Waals surface area contributed by atoms with Gasteiger partial charge in [-0.2, -0.15) is 5.26 Å². The number of hydrogen-bond donors (Lipinski definition) is 0. The van der Waals surface area contributed by atoms with Crippen molar-refractivity contribution in [3.8, 4) is 23.0 Å². The monoisotopic (exact) mass is 598 g/mol. The number of anilines is 1. The molecule has 0 unspecified atom stereocenters. The number of hydrogen-bond acceptors (Lipinski definition) is 6. The minimum absolute atomic E-state index is 0.141. The van der Waals surface area contributed by atoms with Gasteiger partial charge in [0.2, 0.25) is 0 Å². The number of esters is 1. The van der Waals surface area contributed by atoms with E-state index in [0.717, 1.165) is 54.6 Å². The van der Waals surface area contributed by atoms with Gasteiger partial charge in [-0.1, -0.05) is 42.7 Å². The lowest BCUT2D eigenvalue weighted by Gasteiger charge is -2.33. The zero-order chi connectivity index (χ0) is 32.1. The fraction of sp³-hybridized carbons (Fsp3) is 0.500. The van der Waals surface area contributed by atoms with Crippen molar-refractivity contribution in [2.24, 2.45) is 11.8 Å². The lowest BCUT2D eigenvalue weighted by molar-refractivity contribution is -0.155. The summed E-state index contributed by atoms with van der Waals surface area (Å²) in [6.45, 7) is 13.8. The number of carbonyl (C=O) groups excluding carboxylic acids is 2. The van der Waals surface area contributed by atoms with Crippen LogP contribution >= 0.6 is 0 Å². The van der Waals surface area contributed by atoms with Crippen molar-refractivity contribution in [1.82, 2.24) is 9.78 Å². The molecule has 1 aliphatic rings. The molecular weight excluding hydrogens is 552 g/mol. The third-order valence-corrected chi connectivity index (χ3v) is 7.76. The first-order valence-electron chi connectivity index (χ1n) is 15.6. The van der Waals surface area contributed by atoms with Crippen molar-refractivity contribution in [1.29, 1.82) is 5.26 Å². The number of carbonyl (C=O) groups is 2. The molecule has 234 valence electrons. The molecule has 1 aliphatic carbocycles. The number of ether oxygens (including phenoxy) is 2. The largest absolute Gasteiger partial charge is 0.460 e. The Morgan fingerprint density at radius 1 is 0.909 bits per heavy atom. The number of aryl methyl sites for hydroxylation is 1. The second-order valence-electron chi connectivity index (χ2n) is 13.9. The molecule has 0 atom stereocenters. The number of nitriles is 1. The summed E-state index contributed by atoms with van der Waals surface area (Å²) in [5.74, 6) is 1.13. The third kappa shape index (κ3) is 9.19. The Kier molecular flexibility index (Phi) is 10.2. The zero-order valence-corrected chi connectivity index (χ0v) is 27.2. The Morgan fingerprint density at radius 3 is 2.07 bits per heavy atom. The summed E-state index contributed by atoms with van der Waals surface area (Å²) in [7, 11) is 0. The second kappa shape index (κ2) is 13.7. The molecule has 8 nitrogen and oxygen atoms in total. The number of aromatic nitrogens is 2. The van der Waals surface area contributed by atoms with Crippen LogP contribution in [0.1, 0.15) is 91.2 Å². The van der Waals surface area contributed by atoms with Crippen molar-refractivity contribution in [2.45, 2.75) is 98.2 Å². The van der Waals surface area contributed by atoms with Crippen molar-refractivity contribution in [3.63, 3.8) is 0 Å². The quantitative estimate of drug-likeness (QED) is 0.242. The van der Waals surface area contributed by atoms with E-state index in [9.17, 15) is 14.9 Å². The van der Waals surface area contributed by atoms with Gasteiger partial charge in [0.15, 0.2) is 5.82 Å². The number of nitrogens with zero attached hydrogens (tertiary/aromatic N) is 4. The zero-order valence-electron chi connectivity index (χ0n) is 27.2. The Labute approximate surface area is 262 Å². The molecule has 4 rings (SSSR count). The van der Waals surface area contributed by atoms with Crippen LogP contribution in [-0.4, -0.2) is 39.6 Å². The molecule has 1 saturated carbocycles. The number of amides is 1. The molecule has 1 heterocycles. The van der Waals surface area contributed by atoms with E-state index in [1.165, 1.54) is 0 Å². The van der Waals surface area contributed by atoms with Crippen molar-refractivity contribution in [3.05, 3.63) is 65.7 Å². The highest BCUT2D eigenvalue weighted by molar-refractivity contribution is 5.88. The van der Waals surface area contributed by atoms with Crippen molar-refractivity contribution in [2.75, 3.05) is 11.4 Å². The van der Waals surface area contributed by atoms with Gasteiger partial charge in [-0.15, -0.1) is 5.10 Å². The Bertz CT molecular complexity index is 1460. The van der Waals surface area contributed by atoms with E-state index in [1.54, 1.807) is 17.0 Å². The van der Waals surface area contributed by atoms with Crippen LogP contribution in [0.2, 0.25) is 0 Å². The first-order chi connectivity index (χ1) is 20.7. The molecule has 44 heavy (non-hydrogen) atoms. The molecule has 0 radical (unpaired) electrons. The second-order valence-corrected chi connectivity index (χ2v) is 13.9. The highest BCUT2D eigenvalue weighted by Gasteiger charge is 2.31. The molecule has 0 bridgehead atoms. The normalized spacial score (nSPS) is 17.0. The molecule has 8 heteroatoms. The van der Waals surface area contributed by atoms with E-state index >= 15 is 0 Å². The summed E-state index contributed by atoms with van der Waals surface area (Å²) >= 11 is 0. The average Bonchev–Trinajstić information content (AvgIpc) is 3.39. The Hall–Kier alpha value is -4.12. The fourth-order valence-corrected chi connectivity index (χ4v) is 5.56. The minimum atomic E-state index is -0.663. The summed E-state index contributed by atoms with van der Waals surface area (Å²) in [6.07, 6.45) is 4.76. The van der Waals surface area contributed by atoms with Gasteiger partial charge < -0.3 is 9.47 Å². The van der Waals surface area contributed by atoms with E-state index in [4.69, 9.17) is 14.6 Å². The summed E-state index contributed by atoms with van der Waals surface area (Å²) in [5, 5.41) is 14.3. The maximum Gasteiger partial charge on any atom is 0.416 e. The minimum Gasteiger partial charge on any atom is -0.460 e. The van der Waals surface area contributed by atoms with Gasteiger partial charge in [-0.05, 0) is 104 Å². The average molecular weight is 599 g/mol. The van der Waals surface area contributed by atoms with E-state index < -0.39 is 17.3 Å². The predicted molar refractivity (Wildman–Crippen MR) is 173 cm³/mol. The summed E-state index contributed by atoms with van der Waals surface area (Å²) < 4.78 is 13.2. The van der Waals surface area contributed by atoms with Gasteiger partial charge in [0.1, 0.15) is 11.2 Å². The van der Waals surface area contributed by atoms with Crippen LogP contribution in [0, 0.1) is 30.1 Å². The third-order valence-electron chi connectivity index (χ3n) is 7.76. The van der Waals surface area contributed by atoms with E-state index in [2.05, 4.69) is 18.2 Å². The molecule has 2 aromatic carbocycles. The van der Waals surface area contributed by atoms with Gasteiger partial charge >= 0.3 is 12.1 Å². The first kappa shape index (κ1) is 32.8. The van der Waals surface area contributed by atoms with Crippen molar-refractivity contribution >= 4 is 17.9 Å². The van der Waals surface area contributed by atoms with E-state index in [0.29, 0.717) is 30.3 Å². The van der Waals surface area contributed by atoms with Gasteiger partial charge in [-0.25, -0.2) is 9.48 Å². The molecule has 0 saturated heterocycles. The molecule has 0 N–H and O–H groups in total. The molecule has 3 aromatic rings. The van der Waals surface area contributed by atoms with Gasteiger partial charge in [0.05, 0.1) is 23.0 Å². The van der Waals surface area contributed by atoms with Crippen LogP contribution in [0.25, 0.3) is 16.9 Å². The number of benzene rings is 2. The summed E-state index contributed by atoms with van der Waals surface area (Å²) in [6, 6.07) is 19.6. The predicted octanol–water partition coefficient (Wildman–Crippen LogP) is 8.39. The molecular formula is C36H46N4O4. The van der Waals surface area contributed by atoms with Gasteiger partial charge in [0, 0.05) is 24.6 Å². The van der Waals surface area contributed by atoms with Crippen LogP contribution in [0.4, 0.5) is 10.6 Å². The van der Waals surface area contributed by atoms with Gasteiger partial charge in [0.25, 0.3) is 0 Å². The van der Waals surface area contributed by atoms with E-state index in [1.807, 2.05) is 83.5 Å². The maximum absolute atomic E-state index is 13.7. The molecule has 1 fully saturated rings. The lowest BCUT2D eigenvalue weighted by Crippen LogP contribution is -2.40. The van der Waals surface area contributed by atoms with Crippen molar-refractivity contribution < 1.29 is 19.1 Å². The molecule has 1 amide bonds. The lowest BCUT2D eigenvalue weighted by atomic mass is 9.80. The van der Waals surface area contributed by atoms with Crippen LogP contribution in [0.3, 0.4) is 0 Å². The van der Waals surface area contributed by atoms with E-state index in [-0.39, 0.29) is 11.9 Å². The first-order valence-corrected chi connectivity index (χ1v) is 15.6. The van der Waals surface area contributed by atoms with Gasteiger partial charge in [-0.3, -0.25) is 9.69 Å². The highest BCUT2D eigenvalue weighted by atomic mass is 16.6. The molecule has 1 aromatic heterocycles. The SMILES string of the molecule is Cc1ccc(-c2cc(N(CC3CCC(CCC(=O)OC(C)(C)C)CC3)C(=O)OC(C)(C)C)nn2-c2ccc(C#N)cc2)cc1. The Morgan fingerprint density at radius 2 is 1.50 bits per heavy atom. The molecule has 0 aliphatic heterocycles. The molecule has 0 spiro atoms. The smallest absolute Gasteiger partial charge is 0.416 e.